The molecular weight excluding hydrogens is 343 g/mol. The molecular formula is C15H27ClO5Ti. The van der Waals surface area contributed by atoms with E-state index in [4.69, 9.17) is 6.42 Å². The molecule has 0 heterocycles. The fraction of sp³-hybridized carbons (Fsp3) is 0.800. The maximum Gasteiger partial charge on any atom is 3.00 e. The van der Waals surface area contributed by atoms with Gasteiger partial charge < -0.3 is 32.1 Å². The van der Waals surface area contributed by atoms with Gasteiger partial charge >= 0.3 is 27.9 Å². The van der Waals surface area contributed by atoms with Gasteiger partial charge in [-0.3, -0.25) is 0 Å². The van der Waals surface area contributed by atoms with E-state index in [0.717, 1.165) is 12.8 Å². The molecule has 22 heavy (non-hydrogen) atoms. The van der Waals surface area contributed by atoms with E-state index in [1.807, 2.05) is 0 Å². The molecule has 0 N–H and O–H groups in total. The van der Waals surface area contributed by atoms with Crippen LogP contribution >= 0.6 is 0 Å². The normalized spacial score (nSPS) is 8.00. The van der Waals surface area contributed by atoms with Crippen LogP contribution in [0, 0.1) is 12.3 Å². The molecule has 5 nitrogen and oxygen atoms in total. The molecule has 2 radical (unpaired) electrons. The predicted octanol–water partition coefficient (Wildman–Crippen LogP) is -1.57. The molecule has 0 spiro atoms. The number of hydrogen-bond acceptors (Lipinski definition) is 5. The second-order valence-corrected chi connectivity index (χ2v) is 4.26. The van der Waals surface area contributed by atoms with E-state index in [-0.39, 0.29) is 34.1 Å². The van der Waals surface area contributed by atoms with Crippen LogP contribution in [0.15, 0.2) is 0 Å². The summed E-state index contributed by atoms with van der Waals surface area (Å²) in [7, 11) is 0. The van der Waals surface area contributed by atoms with Gasteiger partial charge in [-0.1, -0.05) is 33.6 Å². The van der Waals surface area contributed by atoms with Crippen LogP contribution in [0.3, 0.4) is 0 Å². The molecule has 0 rings (SSSR count). The molecule has 0 aromatic rings. The number of ether oxygens (including phenoxy) is 2. The first-order valence-corrected chi connectivity index (χ1v) is 6.78. The fourth-order valence-corrected chi connectivity index (χ4v) is 0.630. The van der Waals surface area contributed by atoms with Gasteiger partial charge in [0.05, 0.1) is 13.2 Å². The number of carbonyl (C=O) groups excluding carboxylic acids is 1. The minimum atomic E-state index is -0.615. The van der Waals surface area contributed by atoms with Crippen molar-refractivity contribution >= 4 is 6.16 Å². The third kappa shape index (κ3) is 73.0. The molecule has 0 aromatic heterocycles. The Morgan fingerprint density at radius 3 is 1.82 bits per heavy atom. The van der Waals surface area contributed by atoms with Crippen molar-refractivity contribution in [2.45, 2.75) is 66.1 Å². The molecule has 0 unspecified atom stereocenters. The zero-order valence-electron chi connectivity index (χ0n) is 14.1. The average molecular weight is 371 g/mol. The van der Waals surface area contributed by atoms with Gasteiger partial charge in [0.1, 0.15) is 0 Å². The minimum Gasteiger partial charge on any atom is -1.00 e. The van der Waals surface area contributed by atoms with Crippen LogP contribution < -0.4 is 22.6 Å². The Bertz CT molecular complexity index is 231. The van der Waals surface area contributed by atoms with Crippen molar-refractivity contribution in [3.63, 3.8) is 0 Å². The van der Waals surface area contributed by atoms with Crippen LogP contribution in [0.1, 0.15) is 53.9 Å². The zero-order valence-corrected chi connectivity index (χ0v) is 16.4. The summed E-state index contributed by atoms with van der Waals surface area (Å²) < 4.78 is 9.21. The van der Waals surface area contributed by atoms with Crippen LogP contribution in [0.2, 0.25) is 0 Å². The van der Waals surface area contributed by atoms with Crippen molar-refractivity contribution in [3.05, 3.63) is 6.42 Å². The number of unbranched alkanes of at least 4 members (excludes halogenated alkanes) is 2. The van der Waals surface area contributed by atoms with Crippen LogP contribution in [0.5, 0.6) is 0 Å². The molecule has 0 aliphatic rings. The Morgan fingerprint density at radius 2 is 1.50 bits per heavy atom. The summed E-state index contributed by atoms with van der Waals surface area (Å²) in [6.45, 7) is 8.87. The predicted molar refractivity (Wildman–Crippen MR) is 74.2 cm³/mol. The van der Waals surface area contributed by atoms with Crippen LogP contribution in [-0.2, 0) is 31.2 Å². The van der Waals surface area contributed by atoms with Crippen LogP contribution in [0.4, 0.5) is 4.79 Å². The SMILES string of the molecule is CC(C)[O-].CC(C)[O-].[C]#CCCCCOC(=O)OCC.[Cl-].[Ti+3]. The second-order valence-electron chi connectivity index (χ2n) is 4.26. The molecule has 0 fully saturated rings. The van der Waals surface area contributed by atoms with E-state index < -0.39 is 18.4 Å². The fourth-order valence-electron chi connectivity index (χ4n) is 0.630. The summed E-state index contributed by atoms with van der Waals surface area (Å²) in [6, 6.07) is 0. The molecule has 0 atom stereocenters. The number of hydrogen-bond donors (Lipinski definition) is 0. The Morgan fingerprint density at radius 1 is 1.09 bits per heavy atom. The molecule has 7 heteroatoms. The van der Waals surface area contributed by atoms with Crippen molar-refractivity contribution in [2.24, 2.45) is 0 Å². The van der Waals surface area contributed by atoms with Gasteiger partial charge in [0.2, 0.25) is 0 Å². The Labute approximate surface area is 156 Å². The smallest absolute Gasteiger partial charge is 1.00 e. The summed E-state index contributed by atoms with van der Waals surface area (Å²) in [5.41, 5.74) is 0. The van der Waals surface area contributed by atoms with Crippen molar-refractivity contribution in [2.75, 3.05) is 13.2 Å². The summed E-state index contributed by atoms with van der Waals surface area (Å²) in [5.74, 6) is 2.26. The molecule has 0 amide bonds. The Balaban J connectivity index is -0.0000000812. The van der Waals surface area contributed by atoms with E-state index in [1.54, 1.807) is 34.6 Å². The van der Waals surface area contributed by atoms with E-state index in [0.29, 0.717) is 19.6 Å². The van der Waals surface area contributed by atoms with Crippen molar-refractivity contribution in [1.29, 1.82) is 0 Å². The summed E-state index contributed by atoms with van der Waals surface area (Å²) in [6.07, 6.45) is 7.35. The Kier molecular flexibility index (Phi) is 43.8. The van der Waals surface area contributed by atoms with Gasteiger partial charge in [0.25, 0.3) is 0 Å². The largest absolute Gasteiger partial charge is 3.00 e. The van der Waals surface area contributed by atoms with Crippen molar-refractivity contribution < 1.29 is 58.6 Å². The van der Waals surface area contributed by atoms with E-state index in [1.165, 1.54) is 0 Å². The summed E-state index contributed by atoms with van der Waals surface area (Å²) in [4.78, 5) is 10.6. The quantitative estimate of drug-likeness (QED) is 0.253. The first-order chi connectivity index (χ1) is 9.27. The van der Waals surface area contributed by atoms with Crippen LogP contribution in [-0.4, -0.2) is 31.6 Å². The molecule has 0 saturated carbocycles. The van der Waals surface area contributed by atoms with Gasteiger partial charge in [0.15, 0.2) is 0 Å². The number of rotatable bonds is 5. The van der Waals surface area contributed by atoms with E-state index in [2.05, 4.69) is 15.4 Å². The summed E-state index contributed by atoms with van der Waals surface area (Å²) >= 11 is 0. The number of halogens is 1. The second kappa shape index (κ2) is 28.9. The number of carbonyl (C=O) groups is 1. The third-order valence-electron chi connectivity index (χ3n) is 1.18. The molecule has 0 saturated heterocycles. The van der Waals surface area contributed by atoms with Crippen molar-refractivity contribution in [3.8, 4) is 5.92 Å². The van der Waals surface area contributed by atoms with Gasteiger partial charge in [0, 0.05) is 6.42 Å². The maximum absolute atomic E-state index is 10.6. The molecule has 128 valence electrons. The monoisotopic (exact) mass is 370 g/mol. The molecule has 0 aliphatic heterocycles. The molecule has 0 aromatic carbocycles. The minimum absolute atomic E-state index is 0. The van der Waals surface area contributed by atoms with Crippen LogP contribution in [0.25, 0.3) is 0 Å². The maximum atomic E-state index is 10.6. The van der Waals surface area contributed by atoms with E-state index in [9.17, 15) is 15.0 Å². The average Bonchev–Trinajstić information content (AvgIpc) is 2.27. The first-order valence-electron chi connectivity index (χ1n) is 6.78. The van der Waals surface area contributed by atoms with E-state index >= 15 is 0 Å². The summed E-state index contributed by atoms with van der Waals surface area (Å²) in [5, 5.41) is 19.1. The Hall–Kier alpha value is -0.246. The van der Waals surface area contributed by atoms with Gasteiger partial charge in [-0.05, 0) is 26.2 Å². The molecule has 0 bridgehead atoms. The first kappa shape index (κ1) is 33.4. The van der Waals surface area contributed by atoms with Crippen molar-refractivity contribution in [1.82, 2.24) is 0 Å². The van der Waals surface area contributed by atoms with Gasteiger partial charge in [-0.15, -0.1) is 12.2 Å². The van der Waals surface area contributed by atoms with Gasteiger partial charge in [-0.25, -0.2) is 4.79 Å². The molecule has 0 aliphatic carbocycles. The van der Waals surface area contributed by atoms with Gasteiger partial charge in [-0.2, -0.15) is 0 Å². The third-order valence-corrected chi connectivity index (χ3v) is 1.18. The standard InChI is InChI=1S/C9H13O3.2C3H7O.ClH.Ti/c1-3-5-6-7-8-12-9(10)11-4-2;2*1-3(2)4;;/h4-8H2,2H3;2*3H,1-2H3;1H;/q;2*-1;;+3/p-1. The zero-order chi connectivity index (χ0) is 16.4. The topological polar surface area (TPSA) is 81.6 Å².